The largest absolute Gasteiger partial charge is 0.392 e. The second kappa shape index (κ2) is 39.8. The number of nitrogens with two attached hydrogens (primary N) is 5. The number of nitrogen functional groups attached to an aromatic ring is 5. The molecule has 728 valence electrons. The number of ether oxygens (including phenoxy) is 2. The molecule has 2 saturated heterocycles. The predicted molar refractivity (Wildman–Crippen MR) is 550 cm³/mol. The van der Waals surface area contributed by atoms with E-state index in [9.17, 15) is 37.1 Å². The Morgan fingerprint density at radius 3 is 1.03 bits per heavy atom. The standard InChI is InChI=1S/C24H27N5O2.2C22H20N6O.C21H20N4O2.C20H17F3N4O/c1-14-5-3-4-6-16(14)20-9-15-10-21(26-11-17(15)23(25)27-20)28-24(30)22-18-12-29(7-8-31-2)13-19(18)22;1-12-4-2-3-5-15(12)19-6-13-7-20(24-11-18(13)21(23)27-19)28-22(29)17-8-16(17)14-9-25-26-10-14;1-12-4-2-3-5-14(12)19-8-13-9-20(24-11-17(13)21(23)26-19)27-22(29)16-10-15(16)18-6-7-25-28-18;1-11-4-2-3-5-13(11)17-6-12-7-18(23-8-14(12)20(22)24-17)25-21(26)19-15-9-27-10-16(15)19;1-10-4-2-3-5-12(10)16-6-11-7-17(25-9-14(11)18(24)26-16)27-19(28)13-8-15(13)20(21,22)23/h3-6,9-11,18-19,22H,7-8,12-13H2,1-2H3,(H2,25,27)(H,26,28,30);2-7,9-11,16-17H,8H2,1H3,(H2,23,27)(H,25,26)(H,24,28,29);2-9,11,15-16H,10H2,1H3,(H2,23,26)(H,25,28)(H,24,27,29);2-8,15-16,19H,9-10H2,1H3,(H2,22,24)(H,23,25,26);2-7,9,13,15H,8H2,1H3,(H2,24,26)(H,25,27,28)/t18-,19+,22?;16-,17+;15-,16-;15-,16+,19?;13-,15-/m.01.1/s1. The Kier molecular flexibility index (Phi) is 26.2. The zero-order valence-corrected chi connectivity index (χ0v) is 79.5. The molecule has 2 unspecified atom stereocenters. The van der Waals surface area contributed by atoms with Crippen LogP contribution in [0, 0.1) is 93.8 Å². The van der Waals surface area contributed by atoms with Crippen LogP contribution in [0.1, 0.15) is 70.2 Å². The van der Waals surface area contributed by atoms with Crippen LogP contribution in [0.15, 0.2) is 238 Å². The van der Waals surface area contributed by atoms with Crippen LogP contribution in [0.4, 0.5) is 71.3 Å². The smallest absolute Gasteiger partial charge is 0.383 e. The highest BCUT2D eigenvalue weighted by Crippen LogP contribution is 2.55. The minimum Gasteiger partial charge on any atom is -0.383 e. The normalized spacial score (nSPS) is 20.1. The van der Waals surface area contributed by atoms with E-state index in [0.717, 1.165) is 172 Å². The number of alkyl halides is 3. The van der Waals surface area contributed by atoms with E-state index in [2.05, 4.69) is 115 Å². The number of fused-ring (bicyclic) bond motifs is 7. The van der Waals surface area contributed by atoms with E-state index in [1.54, 1.807) is 50.4 Å². The Morgan fingerprint density at radius 2 is 0.722 bits per heavy atom. The molecule has 17 aromatic rings. The summed E-state index contributed by atoms with van der Waals surface area (Å²) in [5.41, 5.74) is 47.4. The number of carbonyl (C=O) groups is 5. The number of anilines is 10. The molecule has 5 aromatic carbocycles. The van der Waals surface area contributed by atoms with Crippen LogP contribution in [-0.2, 0) is 33.4 Å². The number of benzene rings is 5. The van der Waals surface area contributed by atoms with Gasteiger partial charge in [0, 0.05) is 160 Å². The molecule has 5 amide bonds. The molecule has 144 heavy (non-hydrogen) atoms. The van der Waals surface area contributed by atoms with E-state index >= 15 is 0 Å². The molecule has 14 heterocycles. The molecule has 17 N–H and O–H groups in total. The summed E-state index contributed by atoms with van der Waals surface area (Å²) in [4.78, 5) is 109. The third kappa shape index (κ3) is 20.5. The Bertz CT molecular complexity index is 7630. The minimum absolute atomic E-state index is 0.0239. The number of H-pyrrole nitrogens is 2. The topological polar surface area (TPSA) is 484 Å². The van der Waals surface area contributed by atoms with Gasteiger partial charge in [0.1, 0.15) is 58.2 Å². The number of pyridine rings is 10. The summed E-state index contributed by atoms with van der Waals surface area (Å²) < 4.78 is 48.5. The SMILES string of the molecule is COCCN1C[C@@H]2C(C(=O)Nc3cc4cc(-c5ccccc5C)nc(N)c4cn3)[C@@H]2C1.Cc1ccccc1-c1cc2cc(NC(=O)C3[C@H]4COC[C@@H]34)ncc2c(N)n1.Cc1ccccc1-c1cc2cc(NC(=O)[C@@H]3C[C@H]3C(F)(F)F)ncc2c(N)n1.Cc1ccccc1-c1cc2cc(NC(=O)[C@@H]3C[C@H]3c3ccn[nH]3)ncc2c(N)n1.Cc1ccccc1-c1cc2cc(NC(=O)[C@@H]3C[C@H]3c3cn[nH]c3)ncc2c(N)n1. The molecule has 0 radical (unpaired) electrons. The van der Waals surface area contributed by atoms with Crippen LogP contribution in [0.3, 0.4) is 0 Å². The predicted octanol–water partition coefficient (Wildman–Crippen LogP) is 17.6. The lowest BCUT2D eigenvalue weighted by Gasteiger charge is -2.18. The summed E-state index contributed by atoms with van der Waals surface area (Å²) in [5.74, 6) is 3.18. The second-order valence-corrected chi connectivity index (χ2v) is 37.9. The first kappa shape index (κ1) is 94.9. The Labute approximate surface area is 824 Å². The van der Waals surface area contributed by atoms with Gasteiger partial charge in [-0.05, 0) is 211 Å². The number of amides is 5. The first-order chi connectivity index (χ1) is 69.6. The van der Waals surface area contributed by atoms with Crippen LogP contribution >= 0.6 is 0 Å². The third-order valence-corrected chi connectivity index (χ3v) is 28.2. The summed E-state index contributed by atoms with van der Waals surface area (Å²) in [6.07, 6.45) is 10.6. The van der Waals surface area contributed by atoms with Crippen molar-refractivity contribution in [2.45, 2.75) is 71.9 Å². The number of methoxy groups -OCH3 is 1. The van der Waals surface area contributed by atoms with Gasteiger partial charge in [-0.2, -0.15) is 23.4 Å². The lowest BCUT2D eigenvalue weighted by atomic mass is 10.0. The molecule has 35 heteroatoms. The van der Waals surface area contributed by atoms with Gasteiger partial charge in [-0.15, -0.1) is 0 Å². The van der Waals surface area contributed by atoms with Gasteiger partial charge in [0.25, 0.3) is 0 Å². The highest BCUT2D eigenvalue weighted by molar-refractivity contribution is 6.05. The fourth-order valence-corrected chi connectivity index (χ4v) is 19.8. The van der Waals surface area contributed by atoms with Crippen molar-refractivity contribution in [3.05, 3.63) is 277 Å². The Balaban J connectivity index is 0.000000110. The molecule has 12 aromatic heterocycles. The fraction of sp³-hybridized carbons (Fsp3) is 0.257. The van der Waals surface area contributed by atoms with Crippen molar-refractivity contribution in [1.82, 2.24) is 75.1 Å². The van der Waals surface area contributed by atoms with Crippen molar-refractivity contribution in [3.63, 3.8) is 0 Å². The van der Waals surface area contributed by atoms with E-state index in [-0.39, 0.29) is 71.4 Å². The summed E-state index contributed by atoms with van der Waals surface area (Å²) in [5, 5.41) is 36.0. The number of nitrogens with one attached hydrogen (secondary N) is 7. The summed E-state index contributed by atoms with van der Waals surface area (Å²) in [7, 11) is 1.72. The monoisotopic (exact) mass is 1930 g/mol. The zero-order chi connectivity index (χ0) is 100. The summed E-state index contributed by atoms with van der Waals surface area (Å²) in [6.45, 7) is 15.1. The molecule has 2 aliphatic heterocycles. The van der Waals surface area contributed by atoms with Crippen molar-refractivity contribution >= 4 is 142 Å². The number of halogens is 3. The van der Waals surface area contributed by atoms with Crippen LogP contribution in [0.5, 0.6) is 0 Å². The Hall–Kier alpha value is -16.7. The number of hydrogen-bond acceptors (Lipinski definition) is 25. The molecular formula is C109H104F3N25O7. The maximum Gasteiger partial charge on any atom is 0.392 e. The molecule has 7 aliphatic rings. The van der Waals surface area contributed by atoms with Crippen molar-refractivity contribution in [1.29, 1.82) is 0 Å². The molecule has 5 aliphatic carbocycles. The van der Waals surface area contributed by atoms with E-state index in [4.69, 9.17) is 38.1 Å². The van der Waals surface area contributed by atoms with Crippen molar-refractivity contribution in [2.75, 3.05) is 102 Å². The molecule has 12 atom stereocenters. The Morgan fingerprint density at radius 1 is 0.403 bits per heavy atom. The van der Waals surface area contributed by atoms with E-state index in [0.29, 0.717) is 106 Å². The van der Waals surface area contributed by atoms with Crippen LogP contribution in [0.25, 0.3) is 110 Å². The van der Waals surface area contributed by atoms with Gasteiger partial charge in [-0.3, -0.25) is 34.2 Å². The number of nitrogens with zero attached hydrogens (tertiary/aromatic N) is 13. The minimum atomic E-state index is -4.35. The third-order valence-electron chi connectivity index (χ3n) is 28.2. The zero-order valence-electron chi connectivity index (χ0n) is 79.5. The van der Waals surface area contributed by atoms with Gasteiger partial charge < -0.3 is 69.6 Å². The average Bonchev–Trinajstić information content (AvgIpc) is 1.57. The van der Waals surface area contributed by atoms with Crippen LogP contribution in [-0.4, -0.2) is 157 Å². The molecule has 0 spiro atoms. The number of aromatic amines is 2. The van der Waals surface area contributed by atoms with Crippen molar-refractivity contribution in [3.8, 4) is 56.3 Å². The van der Waals surface area contributed by atoms with Crippen LogP contribution in [0.2, 0.25) is 0 Å². The molecule has 24 rings (SSSR count). The molecule has 0 bridgehead atoms. The summed E-state index contributed by atoms with van der Waals surface area (Å²) in [6, 6.07) is 60.7. The number of likely N-dealkylation sites (tertiary alicyclic amines) is 1. The quantitative estimate of drug-likeness (QED) is 0.0337. The van der Waals surface area contributed by atoms with Gasteiger partial charge in [-0.1, -0.05) is 121 Å². The number of piperidine rings is 1. The number of hydrogen-bond donors (Lipinski definition) is 12. The van der Waals surface area contributed by atoms with Crippen molar-refractivity contribution in [2.24, 2.45) is 59.2 Å². The lowest BCUT2D eigenvalue weighted by Crippen LogP contribution is -2.30. The average molecular weight is 1930 g/mol. The summed E-state index contributed by atoms with van der Waals surface area (Å²) >= 11 is 0. The van der Waals surface area contributed by atoms with E-state index in [1.165, 1.54) is 6.20 Å². The van der Waals surface area contributed by atoms with Gasteiger partial charge in [-0.25, -0.2) is 49.8 Å². The first-order valence-electron chi connectivity index (χ1n) is 47.6. The first-order valence-corrected chi connectivity index (χ1v) is 47.6. The molecule has 7 fully saturated rings. The second-order valence-electron chi connectivity index (χ2n) is 37.9. The highest BCUT2D eigenvalue weighted by Gasteiger charge is 2.61. The number of rotatable bonds is 20. The molecule has 5 saturated carbocycles. The van der Waals surface area contributed by atoms with E-state index in [1.807, 2.05) is 210 Å². The fourth-order valence-electron chi connectivity index (χ4n) is 19.8. The maximum atomic E-state index is 12.8. The van der Waals surface area contributed by atoms with Crippen molar-refractivity contribution < 1.29 is 46.6 Å². The lowest BCUT2D eigenvalue weighted by molar-refractivity contribution is -0.153. The van der Waals surface area contributed by atoms with Gasteiger partial charge in [0.05, 0.1) is 66.3 Å². The number of aromatic nitrogens is 14. The van der Waals surface area contributed by atoms with Gasteiger partial charge in [0.15, 0.2) is 0 Å². The maximum absolute atomic E-state index is 12.8. The number of aryl methyl sites for hydroxylation is 5. The molecule has 32 nitrogen and oxygen atoms in total. The molecular weight excluding hydrogens is 1830 g/mol. The van der Waals surface area contributed by atoms with Gasteiger partial charge in [0.2, 0.25) is 29.5 Å². The number of carbonyl (C=O) groups excluding carboxylic acids is 5. The van der Waals surface area contributed by atoms with Gasteiger partial charge >= 0.3 is 6.18 Å². The van der Waals surface area contributed by atoms with E-state index < -0.39 is 23.9 Å². The highest BCUT2D eigenvalue weighted by atomic mass is 19.4. The van der Waals surface area contributed by atoms with Crippen LogP contribution < -0.4 is 55.3 Å².